The lowest BCUT2D eigenvalue weighted by atomic mass is 10.0. The molecular formula is C19H32N2O2. The largest absolute Gasteiger partial charge is 0.491 e. The van der Waals surface area contributed by atoms with E-state index in [2.05, 4.69) is 48.9 Å². The number of hydrogen-bond acceptors (Lipinski definition) is 4. The van der Waals surface area contributed by atoms with E-state index in [9.17, 15) is 0 Å². The fraction of sp³-hybridized carbons (Fsp3) is 0.684. The van der Waals surface area contributed by atoms with E-state index < -0.39 is 0 Å². The summed E-state index contributed by atoms with van der Waals surface area (Å²) in [5, 5.41) is 8.95. The number of likely N-dealkylation sites (tertiary alicyclic amines) is 1. The minimum absolute atomic E-state index is 0.218. The molecule has 23 heavy (non-hydrogen) atoms. The molecule has 1 N–H and O–H groups in total. The van der Waals surface area contributed by atoms with Crippen LogP contribution in [0.2, 0.25) is 0 Å². The highest BCUT2D eigenvalue weighted by Crippen LogP contribution is 2.20. The molecule has 1 aromatic carbocycles. The van der Waals surface area contributed by atoms with Gasteiger partial charge < -0.3 is 14.7 Å². The number of rotatable bonds is 8. The molecule has 1 saturated heterocycles. The van der Waals surface area contributed by atoms with Crippen LogP contribution in [0.25, 0.3) is 0 Å². The quantitative estimate of drug-likeness (QED) is 0.799. The van der Waals surface area contributed by atoms with Crippen molar-refractivity contribution >= 4 is 0 Å². The van der Waals surface area contributed by atoms with Crippen LogP contribution in [-0.4, -0.2) is 60.3 Å². The molecule has 4 nitrogen and oxygen atoms in total. The molecule has 0 saturated carbocycles. The van der Waals surface area contributed by atoms with Gasteiger partial charge in [0.05, 0.1) is 6.10 Å². The first-order valence-corrected chi connectivity index (χ1v) is 8.87. The first kappa shape index (κ1) is 18.2. The van der Waals surface area contributed by atoms with E-state index in [0.717, 1.165) is 38.3 Å². The fourth-order valence-corrected chi connectivity index (χ4v) is 3.27. The number of hydrogen-bond donors (Lipinski definition) is 1. The molecule has 0 aromatic heterocycles. The molecule has 0 spiro atoms. The summed E-state index contributed by atoms with van der Waals surface area (Å²) in [6, 6.07) is 9.13. The Morgan fingerprint density at radius 3 is 2.70 bits per heavy atom. The highest BCUT2D eigenvalue weighted by atomic mass is 16.5. The molecule has 0 aliphatic carbocycles. The van der Waals surface area contributed by atoms with Gasteiger partial charge in [0.2, 0.25) is 0 Å². The molecular weight excluding hydrogens is 288 g/mol. The standard InChI is InChI=1S/C19H32N2O2/c1-16(2)23-19-7-4-6-17(14-19)15-21-11-8-18(9-12-21)20(3)10-5-13-22/h4,6-7,14,16,18,22H,5,8-13,15H2,1-3H3. The second kappa shape index (κ2) is 9.26. The predicted molar refractivity (Wildman–Crippen MR) is 94.8 cm³/mol. The molecule has 0 unspecified atom stereocenters. The average molecular weight is 320 g/mol. The Bertz CT molecular complexity index is 456. The molecule has 0 atom stereocenters. The Morgan fingerprint density at radius 2 is 2.04 bits per heavy atom. The normalized spacial score (nSPS) is 17.1. The van der Waals surface area contributed by atoms with Crippen LogP contribution < -0.4 is 4.74 Å². The first-order valence-electron chi connectivity index (χ1n) is 8.87. The number of aliphatic hydroxyl groups is 1. The van der Waals surface area contributed by atoms with E-state index in [0.29, 0.717) is 6.04 Å². The number of piperidine rings is 1. The van der Waals surface area contributed by atoms with Gasteiger partial charge in [0.1, 0.15) is 5.75 Å². The molecule has 130 valence electrons. The average Bonchev–Trinajstić information content (AvgIpc) is 2.53. The second-order valence-electron chi connectivity index (χ2n) is 6.88. The van der Waals surface area contributed by atoms with Crippen molar-refractivity contribution in [3.8, 4) is 5.75 Å². The zero-order chi connectivity index (χ0) is 16.7. The van der Waals surface area contributed by atoms with E-state index in [1.54, 1.807) is 0 Å². The van der Waals surface area contributed by atoms with Crippen molar-refractivity contribution < 1.29 is 9.84 Å². The third-order valence-electron chi connectivity index (χ3n) is 4.53. The summed E-state index contributed by atoms with van der Waals surface area (Å²) in [7, 11) is 2.18. The maximum absolute atomic E-state index is 8.95. The summed E-state index contributed by atoms with van der Waals surface area (Å²) >= 11 is 0. The van der Waals surface area contributed by atoms with Crippen LogP contribution in [0.1, 0.15) is 38.7 Å². The van der Waals surface area contributed by atoms with Gasteiger partial charge in [-0.2, -0.15) is 0 Å². The molecule has 0 bridgehead atoms. The van der Waals surface area contributed by atoms with Crippen molar-refractivity contribution in [2.75, 3.05) is 33.3 Å². The van der Waals surface area contributed by atoms with Crippen molar-refractivity contribution in [1.29, 1.82) is 0 Å². The summed E-state index contributed by atoms with van der Waals surface area (Å²) < 4.78 is 5.78. The lowest BCUT2D eigenvalue weighted by Gasteiger charge is -2.36. The van der Waals surface area contributed by atoms with Crippen LogP contribution in [0.3, 0.4) is 0 Å². The lowest BCUT2D eigenvalue weighted by Crippen LogP contribution is -2.43. The van der Waals surface area contributed by atoms with Gasteiger partial charge in [-0.25, -0.2) is 0 Å². The fourth-order valence-electron chi connectivity index (χ4n) is 3.27. The third-order valence-corrected chi connectivity index (χ3v) is 4.53. The molecule has 1 fully saturated rings. The van der Waals surface area contributed by atoms with E-state index >= 15 is 0 Å². The van der Waals surface area contributed by atoms with Gasteiger partial charge in [0, 0.05) is 25.7 Å². The van der Waals surface area contributed by atoms with Crippen molar-refractivity contribution in [2.24, 2.45) is 0 Å². The summed E-state index contributed by atoms with van der Waals surface area (Å²) in [5.41, 5.74) is 1.33. The Morgan fingerprint density at radius 1 is 1.30 bits per heavy atom. The number of aliphatic hydroxyl groups excluding tert-OH is 1. The molecule has 4 heteroatoms. The van der Waals surface area contributed by atoms with Gasteiger partial charge in [-0.15, -0.1) is 0 Å². The van der Waals surface area contributed by atoms with Crippen molar-refractivity contribution in [2.45, 2.75) is 51.8 Å². The highest BCUT2D eigenvalue weighted by molar-refractivity contribution is 5.28. The summed E-state index contributed by atoms with van der Waals surface area (Å²) in [4.78, 5) is 4.94. The Hall–Kier alpha value is -1.10. The molecule has 1 heterocycles. The Kier molecular flexibility index (Phi) is 7.34. The van der Waals surface area contributed by atoms with Crippen molar-refractivity contribution in [1.82, 2.24) is 9.80 Å². The van der Waals surface area contributed by atoms with E-state index in [1.807, 2.05) is 6.07 Å². The van der Waals surface area contributed by atoms with Crippen molar-refractivity contribution in [3.05, 3.63) is 29.8 Å². The maximum Gasteiger partial charge on any atom is 0.120 e. The predicted octanol–water partition coefficient (Wildman–Crippen LogP) is 2.75. The molecule has 2 rings (SSSR count). The Balaban J connectivity index is 1.80. The van der Waals surface area contributed by atoms with Gasteiger partial charge in [-0.3, -0.25) is 4.90 Å². The van der Waals surface area contributed by atoms with E-state index in [1.165, 1.54) is 18.4 Å². The summed E-state index contributed by atoms with van der Waals surface area (Å²) in [6.45, 7) is 8.69. The topological polar surface area (TPSA) is 35.9 Å². The zero-order valence-corrected chi connectivity index (χ0v) is 14.9. The second-order valence-corrected chi connectivity index (χ2v) is 6.88. The monoisotopic (exact) mass is 320 g/mol. The molecule has 0 radical (unpaired) electrons. The van der Waals surface area contributed by atoms with Crippen LogP contribution in [0.4, 0.5) is 0 Å². The SMILES string of the molecule is CC(C)Oc1cccc(CN2CCC(N(C)CCCO)CC2)c1. The minimum atomic E-state index is 0.218. The number of ether oxygens (including phenoxy) is 1. The van der Waals surface area contributed by atoms with Crippen LogP contribution in [0.5, 0.6) is 5.75 Å². The molecule has 0 amide bonds. The van der Waals surface area contributed by atoms with Gasteiger partial charge in [-0.05, 0) is 70.9 Å². The van der Waals surface area contributed by atoms with Crippen LogP contribution >= 0.6 is 0 Å². The van der Waals surface area contributed by atoms with Gasteiger partial charge >= 0.3 is 0 Å². The van der Waals surface area contributed by atoms with E-state index in [-0.39, 0.29) is 12.7 Å². The summed E-state index contributed by atoms with van der Waals surface area (Å²) in [6.07, 6.45) is 3.52. The first-order chi connectivity index (χ1) is 11.1. The van der Waals surface area contributed by atoms with Crippen LogP contribution in [-0.2, 0) is 6.54 Å². The summed E-state index contributed by atoms with van der Waals surface area (Å²) in [5.74, 6) is 0.969. The van der Waals surface area contributed by atoms with Gasteiger partial charge in [0.25, 0.3) is 0 Å². The zero-order valence-electron chi connectivity index (χ0n) is 14.9. The molecule has 1 aliphatic heterocycles. The number of benzene rings is 1. The lowest BCUT2D eigenvalue weighted by molar-refractivity contribution is 0.117. The highest BCUT2D eigenvalue weighted by Gasteiger charge is 2.22. The van der Waals surface area contributed by atoms with Gasteiger partial charge in [-0.1, -0.05) is 12.1 Å². The van der Waals surface area contributed by atoms with Crippen LogP contribution in [0, 0.1) is 0 Å². The van der Waals surface area contributed by atoms with Crippen LogP contribution in [0.15, 0.2) is 24.3 Å². The molecule has 1 aromatic rings. The minimum Gasteiger partial charge on any atom is -0.491 e. The van der Waals surface area contributed by atoms with Gasteiger partial charge in [0.15, 0.2) is 0 Å². The maximum atomic E-state index is 8.95. The molecule has 1 aliphatic rings. The third kappa shape index (κ3) is 6.13. The Labute approximate surface area is 141 Å². The smallest absolute Gasteiger partial charge is 0.120 e. The van der Waals surface area contributed by atoms with Crippen molar-refractivity contribution in [3.63, 3.8) is 0 Å². The van der Waals surface area contributed by atoms with E-state index in [4.69, 9.17) is 9.84 Å². The number of nitrogens with zero attached hydrogens (tertiary/aromatic N) is 2.